The fourth-order valence-electron chi connectivity index (χ4n) is 1.64. The third-order valence-corrected chi connectivity index (χ3v) is 2.57. The molecule has 4 nitrogen and oxygen atoms in total. The van der Waals surface area contributed by atoms with Gasteiger partial charge in [-0.1, -0.05) is 13.0 Å². The number of rotatable bonds is 5. The Bertz CT molecular complexity index is 487. The van der Waals surface area contributed by atoms with Crippen molar-refractivity contribution in [2.75, 3.05) is 6.61 Å². The third kappa shape index (κ3) is 3.05. The van der Waals surface area contributed by atoms with Gasteiger partial charge in [-0.3, -0.25) is 9.97 Å². The number of nitrogens with two attached hydrogens (primary N) is 1. The van der Waals surface area contributed by atoms with E-state index in [9.17, 15) is 0 Å². The molecule has 2 N–H and O–H groups in total. The van der Waals surface area contributed by atoms with Crippen LogP contribution in [0.2, 0.25) is 0 Å². The van der Waals surface area contributed by atoms with Crippen LogP contribution in [0.1, 0.15) is 30.6 Å². The number of pyridine rings is 2. The molecule has 0 aliphatic carbocycles. The minimum Gasteiger partial charge on any atom is -0.492 e. The van der Waals surface area contributed by atoms with Crippen LogP contribution in [0.25, 0.3) is 0 Å². The summed E-state index contributed by atoms with van der Waals surface area (Å²) in [6.45, 7) is 2.75. The zero-order valence-corrected chi connectivity index (χ0v) is 10.4. The number of nitrogens with zero attached hydrogens (tertiary/aromatic N) is 2. The lowest BCUT2D eigenvalue weighted by Crippen LogP contribution is -2.13. The smallest absolute Gasteiger partial charge is 0.137 e. The molecule has 18 heavy (non-hydrogen) atoms. The average molecular weight is 243 g/mol. The summed E-state index contributed by atoms with van der Waals surface area (Å²) in [4.78, 5) is 8.40. The highest BCUT2D eigenvalue weighted by Crippen LogP contribution is 2.20. The van der Waals surface area contributed by atoms with E-state index in [2.05, 4.69) is 16.9 Å². The molecule has 0 saturated carbocycles. The van der Waals surface area contributed by atoms with Crippen molar-refractivity contribution in [2.24, 2.45) is 5.73 Å². The quantitative estimate of drug-likeness (QED) is 0.875. The third-order valence-electron chi connectivity index (χ3n) is 2.57. The fraction of sp³-hybridized carbons (Fsp3) is 0.286. The molecule has 2 rings (SSSR count). The maximum absolute atomic E-state index is 6.16. The number of aromatic nitrogens is 2. The molecule has 0 bridgehead atoms. The summed E-state index contributed by atoms with van der Waals surface area (Å²) in [6.07, 6.45) is 6.15. The molecule has 2 aromatic rings. The molecule has 0 aromatic carbocycles. The normalized spacial score (nSPS) is 12.1. The topological polar surface area (TPSA) is 61.0 Å². The first kappa shape index (κ1) is 12.5. The molecular weight excluding hydrogens is 226 g/mol. The lowest BCUT2D eigenvalue weighted by Gasteiger charge is -2.12. The van der Waals surface area contributed by atoms with Crippen molar-refractivity contribution in [3.63, 3.8) is 0 Å². The second-order valence-electron chi connectivity index (χ2n) is 4.03. The fourth-order valence-corrected chi connectivity index (χ4v) is 1.64. The number of hydrogen-bond acceptors (Lipinski definition) is 4. The molecule has 0 saturated heterocycles. The standard InChI is InChI=1S/C14H17N3O/c1-2-7-18-12-8-11(9-16-10-12)14(15)13-5-3-4-6-17-13/h3-6,8-10,14H,2,7,15H2,1H3. The summed E-state index contributed by atoms with van der Waals surface area (Å²) in [5, 5.41) is 0. The van der Waals surface area contributed by atoms with Crippen molar-refractivity contribution in [1.29, 1.82) is 0 Å². The van der Waals surface area contributed by atoms with Crippen molar-refractivity contribution < 1.29 is 4.74 Å². The lowest BCUT2D eigenvalue weighted by atomic mass is 10.1. The first-order chi connectivity index (χ1) is 8.81. The van der Waals surface area contributed by atoms with Gasteiger partial charge in [0.25, 0.3) is 0 Å². The van der Waals surface area contributed by atoms with Crippen LogP contribution in [0, 0.1) is 0 Å². The zero-order valence-electron chi connectivity index (χ0n) is 10.4. The van der Waals surface area contributed by atoms with Gasteiger partial charge < -0.3 is 10.5 Å². The van der Waals surface area contributed by atoms with Gasteiger partial charge >= 0.3 is 0 Å². The van der Waals surface area contributed by atoms with Gasteiger partial charge in [0.05, 0.1) is 24.5 Å². The Balaban J connectivity index is 2.17. The molecule has 0 aliphatic rings. The van der Waals surface area contributed by atoms with Gasteiger partial charge in [0.15, 0.2) is 0 Å². The van der Waals surface area contributed by atoms with E-state index in [-0.39, 0.29) is 6.04 Å². The lowest BCUT2D eigenvalue weighted by molar-refractivity contribution is 0.315. The molecule has 2 aromatic heterocycles. The molecule has 1 atom stereocenters. The Labute approximate surface area is 107 Å². The predicted octanol–water partition coefficient (Wildman–Crippen LogP) is 2.31. The van der Waals surface area contributed by atoms with Crippen molar-refractivity contribution in [3.05, 3.63) is 54.1 Å². The predicted molar refractivity (Wildman–Crippen MR) is 70.3 cm³/mol. The van der Waals surface area contributed by atoms with Gasteiger partial charge in [-0.2, -0.15) is 0 Å². The Kier molecular flexibility index (Phi) is 4.25. The van der Waals surface area contributed by atoms with E-state index in [0.717, 1.165) is 23.4 Å². The van der Waals surface area contributed by atoms with Crippen molar-refractivity contribution in [3.8, 4) is 5.75 Å². The first-order valence-electron chi connectivity index (χ1n) is 6.05. The Hall–Kier alpha value is -1.94. The monoisotopic (exact) mass is 243 g/mol. The largest absolute Gasteiger partial charge is 0.492 e. The van der Waals surface area contributed by atoms with Crippen LogP contribution in [0.15, 0.2) is 42.9 Å². The average Bonchev–Trinajstić information content (AvgIpc) is 2.45. The van der Waals surface area contributed by atoms with E-state index >= 15 is 0 Å². The van der Waals surface area contributed by atoms with Crippen LogP contribution in [-0.2, 0) is 0 Å². The van der Waals surface area contributed by atoms with Gasteiger partial charge in [0.2, 0.25) is 0 Å². The van der Waals surface area contributed by atoms with Gasteiger partial charge in [-0.25, -0.2) is 0 Å². The summed E-state index contributed by atoms with van der Waals surface area (Å²) in [5.74, 6) is 0.751. The molecular formula is C14H17N3O. The molecule has 0 radical (unpaired) electrons. The van der Waals surface area contributed by atoms with Crippen LogP contribution >= 0.6 is 0 Å². The van der Waals surface area contributed by atoms with Gasteiger partial charge in [-0.15, -0.1) is 0 Å². The first-order valence-corrected chi connectivity index (χ1v) is 6.05. The van der Waals surface area contributed by atoms with Crippen LogP contribution in [-0.4, -0.2) is 16.6 Å². The molecule has 2 heterocycles. The Morgan fingerprint density at radius 2 is 2.22 bits per heavy atom. The Morgan fingerprint density at radius 1 is 1.33 bits per heavy atom. The molecule has 0 fully saturated rings. The molecule has 0 spiro atoms. The minimum absolute atomic E-state index is 0.274. The highest BCUT2D eigenvalue weighted by Gasteiger charge is 2.11. The van der Waals surface area contributed by atoms with E-state index in [1.165, 1.54) is 0 Å². The molecule has 0 aliphatic heterocycles. The molecule has 94 valence electrons. The summed E-state index contributed by atoms with van der Waals surface area (Å²) in [5.41, 5.74) is 7.89. The summed E-state index contributed by atoms with van der Waals surface area (Å²) in [6, 6.07) is 7.35. The Morgan fingerprint density at radius 3 is 2.94 bits per heavy atom. The second-order valence-corrected chi connectivity index (χ2v) is 4.03. The van der Waals surface area contributed by atoms with Gasteiger partial charge in [0.1, 0.15) is 5.75 Å². The van der Waals surface area contributed by atoms with E-state index in [4.69, 9.17) is 10.5 Å². The maximum Gasteiger partial charge on any atom is 0.137 e. The van der Waals surface area contributed by atoms with Crippen LogP contribution in [0.4, 0.5) is 0 Å². The second kappa shape index (κ2) is 6.12. The van der Waals surface area contributed by atoms with Gasteiger partial charge in [0, 0.05) is 12.4 Å². The summed E-state index contributed by atoms with van der Waals surface area (Å²) in [7, 11) is 0. The zero-order chi connectivity index (χ0) is 12.8. The van der Waals surface area contributed by atoms with Crippen molar-refractivity contribution in [2.45, 2.75) is 19.4 Å². The minimum atomic E-state index is -0.274. The van der Waals surface area contributed by atoms with Gasteiger partial charge in [-0.05, 0) is 30.2 Å². The SMILES string of the molecule is CCCOc1cncc(C(N)c2ccccn2)c1. The van der Waals surface area contributed by atoms with Crippen molar-refractivity contribution in [1.82, 2.24) is 9.97 Å². The van der Waals surface area contributed by atoms with Crippen LogP contribution < -0.4 is 10.5 Å². The highest BCUT2D eigenvalue weighted by molar-refractivity contribution is 5.30. The maximum atomic E-state index is 6.16. The van der Waals surface area contributed by atoms with E-state index in [1.54, 1.807) is 18.6 Å². The number of hydrogen-bond donors (Lipinski definition) is 1. The van der Waals surface area contributed by atoms with Crippen LogP contribution in [0.3, 0.4) is 0 Å². The molecule has 0 amide bonds. The van der Waals surface area contributed by atoms with Crippen molar-refractivity contribution >= 4 is 0 Å². The molecule has 4 heteroatoms. The summed E-state index contributed by atoms with van der Waals surface area (Å²) < 4.78 is 5.54. The van der Waals surface area contributed by atoms with E-state index in [1.807, 2.05) is 24.3 Å². The molecule has 1 unspecified atom stereocenters. The van der Waals surface area contributed by atoms with Crippen LogP contribution in [0.5, 0.6) is 5.75 Å². The number of ether oxygens (including phenoxy) is 1. The highest BCUT2D eigenvalue weighted by atomic mass is 16.5. The summed E-state index contributed by atoms with van der Waals surface area (Å²) >= 11 is 0. The van der Waals surface area contributed by atoms with E-state index < -0.39 is 0 Å². The van der Waals surface area contributed by atoms with E-state index in [0.29, 0.717) is 6.61 Å².